The van der Waals surface area contributed by atoms with Gasteiger partial charge in [0.05, 0.1) is 13.4 Å². The summed E-state index contributed by atoms with van der Waals surface area (Å²) in [7, 11) is -1.99. The number of methoxy groups -OCH3 is 1. The van der Waals surface area contributed by atoms with Crippen molar-refractivity contribution in [1.82, 2.24) is 0 Å². The van der Waals surface area contributed by atoms with Crippen LogP contribution in [0.15, 0.2) is 66.7 Å². The van der Waals surface area contributed by atoms with Gasteiger partial charge in [0, 0.05) is 22.5 Å². The van der Waals surface area contributed by atoms with Crippen LogP contribution in [0.4, 0.5) is 20.2 Å². The second-order valence-corrected chi connectivity index (χ2v) is 8.48. The van der Waals surface area contributed by atoms with Crippen LogP contribution in [0.2, 0.25) is 0 Å². The number of anilines is 2. The summed E-state index contributed by atoms with van der Waals surface area (Å²) in [5, 5.41) is 2.68. The summed E-state index contributed by atoms with van der Waals surface area (Å²) in [6.07, 6.45) is 1.00. The Labute approximate surface area is 184 Å². The highest BCUT2D eigenvalue weighted by molar-refractivity contribution is 7.92. The summed E-state index contributed by atoms with van der Waals surface area (Å²) in [6.45, 7) is -3.02. The molecule has 0 aliphatic rings. The number of alkyl halides is 2. The van der Waals surface area contributed by atoms with E-state index in [0.717, 1.165) is 6.26 Å². The number of sulfonamides is 1. The lowest BCUT2D eigenvalue weighted by Gasteiger charge is -2.14. The summed E-state index contributed by atoms with van der Waals surface area (Å²) in [5.74, 6) is 0.0324. The first-order chi connectivity index (χ1) is 15.1. The maximum Gasteiger partial charge on any atom is 0.387 e. The molecule has 168 valence electrons. The number of hydrogen-bond donors (Lipinski definition) is 2. The molecular weight excluding hydrogens is 442 g/mol. The van der Waals surface area contributed by atoms with Crippen molar-refractivity contribution < 1.29 is 31.5 Å². The van der Waals surface area contributed by atoms with Crippen molar-refractivity contribution in [2.75, 3.05) is 23.4 Å². The summed E-state index contributed by atoms with van der Waals surface area (Å²) in [4.78, 5) is 12.7. The van der Waals surface area contributed by atoms with Crippen LogP contribution >= 0.6 is 0 Å². The average Bonchev–Trinajstić information content (AvgIpc) is 2.73. The first-order valence-corrected chi connectivity index (χ1v) is 11.2. The molecule has 10 heteroatoms. The fourth-order valence-electron chi connectivity index (χ4n) is 2.94. The SMILES string of the molecule is COc1ccc(-c2cc(NC(=O)c3cccc(NS(C)(=O)=O)c3)ccc2OC(F)F)cc1. The first-order valence-electron chi connectivity index (χ1n) is 9.27. The molecule has 0 aliphatic carbocycles. The summed E-state index contributed by atoms with van der Waals surface area (Å²) < 4.78 is 60.6. The van der Waals surface area contributed by atoms with E-state index in [1.807, 2.05) is 0 Å². The predicted molar refractivity (Wildman–Crippen MR) is 118 cm³/mol. The Bertz CT molecular complexity index is 1220. The molecule has 3 rings (SSSR count). The zero-order valence-electron chi connectivity index (χ0n) is 17.1. The zero-order chi connectivity index (χ0) is 23.3. The standard InChI is InChI=1S/C22H20F2N2O5S/c1-30-18-9-6-14(7-10-18)19-13-16(8-11-20(19)31-22(23)24)25-21(27)15-4-3-5-17(12-15)26-32(2,28)29/h3-13,22,26H,1-2H3,(H,25,27). The van der Waals surface area contributed by atoms with Crippen molar-refractivity contribution in [2.24, 2.45) is 0 Å². The maximum atomic E-state index is 12.9. The third-order valence-electron chi connectivity index (χ3n) is 4.28. The zero-order valence-corrected chi connectivity index (χ0v) is 18.0. The highest BCUT2D eigenvalue weighted by Gasteiger charge is 2.15. The van der Waals surface area contributed by atoms with Gasteiger partial charge in [0.25, 0.3) is 5.91 Å². The normalized spacial score (nSPS) is 11.2. The van der Waals surface area contributed by atoms with Gasteiger partial charge in [-0.2, -0.15) is 8.78 Å². The Kier molecular flexibility index (Phi) is 6.94. The molecule has 3 aromatic rings. The highest BCUT2D eigenvalue weighted by atomic mass is 32.2. The van der Waals surface area contributed by atoms with Gasteiger partial charge in [-0.25, -0.2) is 8.42 Å². The molecule has 3 aromatic carbocycles. The van der Waals surface area contributed by atoms with E-state index in [9.17, 15) is 22.0 Å². The van der Waals surface area contributed by atoms with E-state index < -0.39 is 22.5 Å². The number of benzene rings is 3. The predicted octanol–water partition coefficient (Wildman–Crippen LogP) is 4.59. The van der Waals surface area contributed by atoms with E-state index in [1.54, 1.807) is 24.3 Å². The van der Waals surface area contributed by atoms with Gasteiger partial charge in [-0.05, 0) is 54.1 Å². The minimum atomic E-state index is -3.50. The molecule has 0 bridgehead atoms. The fraction of sp³-hybridized carbons (Fsp3) is 0.136. The molecule has 0 unspecified atom stereocenters. The summed E-state index contributed by atoms with van der Waals surface area (Å²) in [6, 6.07) is 16.9. The van der Waals surface area contributed by atoms with Gasteiger partial charge in [0.15, 0.2) is 0 Å². The Hall–Kier alpha value is -3.66. The van der Waals surface area contributed by atoms with Crippen molar-refractivity contribution in [2.45, 2.75) is 6.61 Å². The van der Waals surface area contributed by atoms with Crippen molar-refractivity contribution in [3.05, 3.63) is 72.3 Å². The topological polar surface area (TPSA) is 93.7 Å². The molecule has 0 saturated heterocycles. The Morgan fingerprint density at radius 2 is 1.69 bits per heavy atom. The number of amides is 1. The fourth-order valence-corrected chi connectivity index (χ4v) is 3.50. The Morgan fingerprint density at radius 3 is 2.31 bits per heavy atom. The van der Waals surface area contributed by atoms with Gasteiger partial charge < -0.3 is 14.8 Å². The maximum absolute atomic E-state index is 12.9. The van der Waals surface area contributed by atoms with E-state index in [1.165, 1.54) is 49.6 Å². The van der Waals surface area contributed by atoms with E-state index in [2.05, 4.69) is 14.8 Å². The Morgan fingerprint density at radius 1 is 0.969 bits per heavy atom. The summed E-state index contributed by atoms with van der Waals surface area (Å²) in [5.41, 5.74) is 1.70. The molecule has 0 spiro atoms. The molecular formula is C22H20F2N2O5S. The molecule has 7 nitrogen and oxygen atoms in total. The smallest absolute Gasteiger partial charge is 0.387 e. The molecule has 1 amide bonds. The number of nitrogens with one attached hydrogen (secondary N) is 2. The van der Waals surface area contributed by atoms with Crippen molar-refractivity contribution in [1.29, 1.82) is 0 Å². The molecule has 0 aliphatic heterocycles. The van der Waals surface area contributed by atoms with E-state index in [0.29, 0.717) is 22.6 Å². The van der Waals surface area contributed by atoms with E-state index in [-0.39, 0.29) is 17.0 Å². The Balaban J connectivity index is 1.89. The molecule has 2 N–H and O–H groups in total. The van der Waals surface area contributed by atoms with E-state index in [4.69, 9.17) is 4.74 Å². The van der Waals surface area contributed by atoms with Crippen LogP contribution in [0.3, 0.4) is 0 Å². The van der Waals surface area contributed by atoms with Crippen molar-refractivity contribution in [3.63, 3.8) is 0 Å². The second-order valence-electron chi connectivity index (χ2n) is 6.73. The minimum Gasteiger partial charge on any atom is -0.497 e. The van der Waals surface area contributed by atoms with Crippen LogP contribution in [-0.2, 0) is 10.0 Å². The number of hydrogen-bond acceptors (Lipinski definition) is 5. The first kappa shape index (κ1) is 23.0. The number of ether oxygens (including phenoxy) is 2. The molecule has 0 radical (unpaired) electrons. The van der Waals surface area contributed by atoms with Crippen LogP contribution < -0.4 is 19.5 Å². The lowest BCUT2D eigenvalue weighted by molar-refractivity contribution is -0.0494. The van der Waals surface area contributed by atoms with Gasteiger partial charge in [-0.3, -0.25) is 9.52 Å². The third kappa shape index (κ3) is 6.17. The van der Waals surface area contributed by atoms with Crippen LogP contribution in [0.5, 0.6) is 11.5 Å². The number of carbonyl (C=O) groups is 1. The average molecular weight is 462 g/mol. The molecule has 0 heterocycles. The van der Waals surface area contributed by atoms with E-state index >= 15 is 0 Å². The van der Waals surface area contributed by atoms with Gasteiger partial charge in [0.2, 0.25) is 10.0 Å². The monoisotopic (exact) mass is 462 g/mol. The highest BCUT2D eigenvalue weighted by Crippen LogP contribution is 2.34. The lowest BCUT2D eigenvalue weighted by atomic mass is 10.0. The van der Waals surface area contributed by atoms with Gasteiger partial charge in [0.1, 0.15) is 11.5 Å². The van der Waals surface area contributed by atoms with Crippen LogP contribution in [0, 0.1) is 0 Å². The van der Waals surface area contributed by atoms with Crippen molar-refractivity contribution >= 4 is 27.3 Å². The van der Waals surface area contributed by atoms with Crippen molar-refractivity contribution in [3.8, 4) is 22.6 Å². The van der Waals surface area contributed by atoms with Crippen LogP contribution in [0.25, 0.3) is 11.1 Å². The molecule has 0 saturated carbocycles. The van der Waals surface area contributed by atoms with Crippen LogP contribution in [0.1, 0.15) is 10.4 Å². The minimum absolute atomic E-state index is 0.0532. The third-order valence-corrected chi connectivity index (χ3v) is 4.89. The largest absolute Gasteiger partial charge is 0.497 e. The van der Waals surface area contributed by atoms with Gasteiger partial charge >= 0.3 is 6.61 Å². The van der Waals surface area contributed by atoms with Crippen LogP contribution in [-0.4, -0.2) is 34.3 Å². The number of halogens is 2. The second kappa shape index (κ2) is 9.65. The molecule has 0 aromatic heterocycles. The van der Waals surface area contributed by atoms with Gasteiger partial charge in [-0.1, -0.05) is 18.2 Å². The molecule has 0 atom stereocenters. The summed E-state index contributed by atoms with van der Waals surface area (Å²) >= 11 is 0. The number of rotatable bonds is 8. The van der Waals surface area contributed by atoms with Gasteiger partial charge in [-0.15, -0.1) is 0 Å². The lowest BCUT2D eigenvalue weighted by Crippen LogP contribution is -2.14. The quantitative estimate of drug-likeness (QED) is 0.511. The number of carbonyl (C=O) groups excluding carboxylic acids is 1. The molecule has 0 fully saturated rings. The molecule has 32 heavy (non-hydrogen) atoms.